The van der Waals surface area contributed by atoms with Crippen molar-refractivity contribution in [2.45, 2.75) is 46.1 Å². The molecule has 0 radical (unpaired) electrons. The molecular formula is C13H20O2. The lowest BCUT2D eigenvalue weighted by Crippen LogP contribution is -2.39. The summed E-state index contributed by atoms with van der Waals surface area (Å²) in [5.74, 6) is 0.607. The largest absolute Gasteiger partial charge is 0.458 e. The summed E-state index contributed by atoms with van der Waals surface area (Å²) in [6.07, 6.45) is 3.53. The van der Waals surface area contributed by atoms with Gasteiger partial charge in [-0.05, 0) is 18.3 Å². The standard InChI is InChI=1S/C13H20O2/c1-8-9-6-5-7-10(13(2,3)4)11(9)15-12(8)14/h9-11H,1,5-7H2,2-4H3/t9?,10-,11?/m1/s1. The summed E-state index contributed by atoms with van der Waals surface area (Å²) in [4.78, 5) is 11.5. The van der Waals surface area contributed by atoms with Crippen molar-refractivity contribution in [3.8, 4) is 0 Å². The fourth-order valence-electron chi connectivity index (χ4n) is 2.98. The second-order valence-electron chi connectivity index (χ2n) is 5.91. The normalized spacial score (nSPS) is 36.3. The van der Waals surface area contributed by atoms with Crippen molar-refractivity contribution in [3.63, 3.8) is 0 Å². The van der Waals surface area contributed by atoms with Crippen molar-refractivity contribution < 1.29 is 9.53 Å². The highest BCUT2D eigenvalue weighted by Gasteiger charge is 2.48. The van der Waals surface area contributed by atoms with Crippen LogP contribution in [0.25, 0.3) is 0 Å². The molecule has 0 aromatic rings. The molecule has 2 fully saturated rings. The molecule has 0 spiro atoms. The van der Waals surface area contributed by atoms with Crippen LogP contribution in [0.15, 0.2) is 12.2 Å². The fourth-order valence-corrected chi connectivity index (χ4v) is 2.98. The summed E-state index contributed by atoms with van der Waals surface area (Å²) < 4.78 is 5.48. The lowest BCUT2D eigenvalue weighted by atomic mass is 9.67. The van der Waals surface area contributed by atoms with Crippen LogP contribution in [0.2, 0.25) is 0 Å². The van der Waals surface area contributed by atoms with Gasteiger partial charge in [0.15, 0.2) is 0 Å². The average Bonchev–Trinajstić information content (AvgIpc) is 2.41. The Morgan fingerprint density at radius 2 is 2.00 bits per heavy atom. The molecule has 1 saturated heterocycles. The Labute approximate surface area is 91.7 Å². The fraction of sp³-hybridized carbons (Fsp3) is 0.769. The smallest absolute Gasteiger partial charge is 0.334 e. The third-order valence-corrected chi connectivity index (χ3v) is 3.89. The zero-order chi connectivity index (χ0) is 11.2. The number of hydrogen-bond donors (Lipinski definition) is 0. The quantitative estimate of drug-likeness (QED) is 0.452. The van der Waals surface area contributed by atoms with Crippen LogP contribution >= 0.6 is 0 Å². The molecule has 0 amide bonds. The summed E-state index contributed by atoms with van der Waals surface area (Å²) in [5, 5.41) is 0. The van der Waals surface area contributed by atoms with E-state index in [2.05, 4.69) is 27.4 Å². The van der Waals surface area contributed by atoms with Crippen LogP contribution in [0.4, 0.5) is 0 Å². The van der Waals surface area contributed by atoms with Gasteiger partial charge in [0.05, 0.1) is 0 Å². The SMILES string of the molecule is C=C1C(=O)OC2C1CCC[C@H]2C(C)(C)C. The van der Waals surface area contributed by atoms with Gasteiger partial charge in [0.25, 0.3) is 0 Å². The monoisotopic (exact) mass is 208 g/mol. The molecule has 2 unspecified atom stereocenters. The second-order valence-corrected chi connectivity index (χ2v) is 5.91. The van der Waals surface area contributed by atoms with Crippen LogP contribution in [0, 0.1) is 17.3 Å². The summed E-state index contributed by atoms with van der Waals surface area (Å²) in [6.45, 7) is 10.6. The van der Waals surface area contributed by atoms with Crippen LogP contribution in [-0.2, 0) is 9.53 Å². The second kappa shape index (κ2) is 3.36. The number of carbonyl (C=O) groups excluding carboxylic acids is 1. The molecule has 0 N–H and O–H groups in total. The molecule has 0 bridgehead atoms. The van der Waals surface area contributed by atoms with E-state index >= 15 is 0 Å². The van der Waals surface area contributed by atoms with E-state index in [1.807, 2.05) is 0 Å². The van der Waals surface area contributed by atoms with Gasteiger partial charge < -0.3 is 4.74 Å². The molecule has 84 valence electrons. The van der Waals surface area contributed by atoms with Gasteiger partial charge in [-0.3, -0.25) is 0 Å². The van der Waals surface area contributed by atoms with Gasteiger partial charge >= 0.3 is 5.97 Å². The molecule has 15 heavy (non-hydrogen) atoms. The number of rotatable bonds is 0. The minimum atomic E-state index is -0.166. The number of ether oxygens (including phenoxy) is 1. The Kier molecular flexibility index (Phi) is 2.40. The van der Waals surface area contributed by atoms with Gasteiger partial charge in [0.2, 0.25) is 0 Å². The van der Waals surface area contributed by atoms with Gasteiger partial charge in [-0.2, -0.15) is 0 Å². The van der Waals surface area contributed by atoms with Crippen LogP contribution in [0.3, 0.4) is 0 Å². The zero-order valence-corrected chi connectivity index (χ0v) is 9.88. The maximum absolute atomic E-state index is 11.5. The van der Waals surface area contributed by atoms with Crippen molar-refractivity contribution in [2.75, 3.05) is 0 Å². The molecule has 1 aliphatic heterocycles. The number of fused-ring (bicyclic) bond motifs is 1. The van der Waals surface area contributed by atoms with Gasteiger partial charge in [-0.15, -0.1) is 0 Å². The predicted molar refractivity (Wildman–Crippen MR) is 59.3 cm³/mol. The van der Waals surface area contributed by atoms with E-state index < -0.39 is 0 Å². The molecule has 2 heteroatoms. The van der Waals surface area contributed by atoms with Crippen molar-refractivity contribution in [2.24, 2.45) is 17.3 Å². The molecule has 1 saturated carbocycles. The summed E-state index contributed by atoms with van der Waals surface area (Å²) >= 11 is 0. The Morgan fingerprint density at radius 3 is 2.60 bits per heavy atom. The molecule has 2 aliphatic rings. The Morgan fingerprint density at radius 1 is 1.33 bits per heavy atom. The molecule has 3 atom stereocenters. The maximum Gasteiger partial charge on any atom is 0.334 e. The number of esters is 1. The Hall–Kier alpha value is -0.790. The molecule has 2 rings (SSSR count). The van der Waals surface area contributed by atoms with Gasteiger partial charge in [-0.25, -0.2) is 4.79 Å². The minimum absolute atomic E-state index is 0.0961. The van der Waals surface area contributed by atoms with E-state index in [0.717, 1.165) is 6.42 Å². The van der Waals surface area contributed by atoms with Crippen LogP contribution < -0.4 is 0 Å². The first kappa shape index (κ1) is 10.7. The first-order chi connectivity index (χ1) is 6.91. The third kappa shape index (κ3) is 1.70. The first-order valence-corrected chi connectivity index (χ1v) is 5.81. The average molecular weight is 208 g/mol. The van der Waals surface area contributed by atoms with Crippen molar-refractivity contribution >= 4 is 5.97 Å². The molecule has 0 aromatic heterocycles. The maximum atomic E-state index is 11.5. The third-order valence-electron chi connectivity index (χ3n) is 3.89. The number of hydrogen-bond acceptors (Lipinski definition) is 2. The summed E-state index contributed by atoms with van der Waals surface area (Å²) in [6, 6.07) is 0. The topological polar surface area (TPSA) is 26.3 Å². The summed E-state index contributed by atoms with van der Waals surface area (Å²) in [5.41, 5.74) is 0.919. The van der Waals surface area contributed by atoms with Crippen molar-refractivity contribution in [1.29, 1.82) is 0 Å². The Balaban J connectivity index is 2.24. The number of carbonyl (C=O) groups is 1. The molecule has 1 heterocycles. The van der Waals surface area contributed by atoms with Crippen molar-refractivity contribution in [3.05, 3.63) is 12.2 Å². The highest BCUT2D eigenvalue weighted by molar-refractivity contribution is 5.90. The highest BCUT2D eigenvalue weighted by Crippen LogP contribution is 2.47. The predicted octanol–water partition coefficient (Wildman–Crippen LogP) is 2.93. The van der Waals surface area contributed by atoms with E-state index in [0.29, 0.717) is 11.5 Å². The summed E-state index contributed by atoms with van der Waals surface area (Å²) in [7, 11) is 0. The molecular weight excluding hydrogens is 188 g/mol. The molecule has 1 aliphatic carbocycles. The van der Waals surface area contributed by atoms with Gasteiger partial charge in [0.1, 0.15) is 6.10 Å². The molecule has 0 aromatic carbocycles. The molecule has 2 nitrogen and oxygen atoms in total. The van der Waals surface area contributed by atoms with E-state index in [-0.39, 0.29) is 23.4 Å². The van der Waals surface area contributed by atoms with Crippen LogP contribution in [0.5, 0.6) is 0 Å². The van der Waals surface area contributed by atoms with Crippen LogP contribution in [-0.4, -0.2) is 12.1 Å². The first-order valence-electron chi connectivity index (χ1n) is 5.81. The highest BCUT2D eigenvalue weighted by atomic mass is 16.6. The zero-order valence-electron chi connectivity index (χ0n) is 9.88. The van der Waals surface area contributed by atoms with E-state index in [4.69, 9.17) is 4.74 Å². The van der Waals surface area contributed by atoms with Gasteiger partial charge in [0, 0.05) is 17.4 Å². The van der Waals surface area contributed by atoms with Gasteiger partial charge in [-0.1, -0.05) is 33.8 Å². The van der Waals surface area contributed by atoms with E-state index in [1.54, 1.807) is 0 Å². The van der Waals surface area contributed by atoms with Crippen LogP contribution in [0.1, 0.15) is 40.0 Å². The van der Waals surface area contributed by atoms with E-state index in [9.17, 15) is 4.79 Å². The lowest BCUT2D eigenvalue weighted by molar-refractivity contribution is -0.144. The van der Waals surface area contributed by atoms with E-state index in [1.165, 1.54) is 12.8 Å². The minimum Gasteiger partial charge on any atom is -0.458 e. The Bertz CT molecular complexity index is 298. The van der Waals surface area contributed by atoms with Crippen molar-refractivity contribution in [1.82, 2.24) is 0 Å². The lowest BCUT2D eigenvalue weighted by Gasteiger charge is -2.40.